The van der Waals surface area contributed by atoms with Crippen LogP contribution in [0.1, 0.15) is 39.0 Å². The molecule has 1 fully saturated rings. The lowest BCUT2D eigenvalue weighted by atomic mass is 9.92. The van der Waals surface area contributed by atoms with E-state index in [4.69, 9.17) is 4.74 Å². The largest absolute Gasteiger partial charge is 0.489 e. The van der Waals surface area contributed by atoms with Gasteiger partial charge in [-0.3, -0.25) is 0 Å². The van der Waals surface area contributed by atoms with Gasteiger partial charge in [-0.25, -0.2) is 0 Å². The third-order valence-electron chi connectivity index (χ3n) is 4.37. The Balaban J connectivity index is 1.72. The van der Waals surface area contributed by atoms with Gasteiger partial charge in [0.15, 0.2) is 0 Å². The molecular formula is C19H25NO. The normalized spacial score (nSPS) is 22.3. The zero-order chi connectivity index (χ0) is 14.5. The second-order valence-corrected chi connectivity index (χ2v) is 6.01. The van der Waals surface area contributed by atoms with Crippen molar-refractivity contribution in [3.05, 3.63) is 42.5 Å². The summed E-state index contributed by atoms with van der Waals surface area (Å²) in [7, 11) is 0. The van der Waals surface area contributed by atoms with E-state index in [0.29, 0.717) is 12.1 Å². The van der Waals surface area contributed by atoms with Crippen LogP contribution in [0.25, 0.3) is 10.8 Å². The van der Waals surface area contributed by atoms with Crippen LogP contribution in [0.4, 0.5) is 0 Å². The van der Waals surface area contributed by atoms with Gasteiger partial charge in [-0.1, -0.05) is 43.7 Å². The van der Waals surface area contributed by atoms with E-state index in [-0.39, 0.29) is 0 Å². The Morgan fingerprint density at radius 2 is 1.86 bits per heavy atom. The lowest BCUT2D eigenvalue weighted by Gasteiger charge is -2.32. The number of ether oxygens (including phenoxy) is 1. The molecule has 2 nitrogen and oxygen atoms in total. The van der Waals surface area contributed by atoms with E-state index in [2.05, 4.69) is 54.7 Å². The van der Waals surface area contributed by atoms with Gasteiger partial charge in [0, 0.05) is 6.04 Å². The molecule has 1 aliphatic carbocycles. The Kier molecular flexibility index (Phi) is 4.76. The van der Waals surface area contributed by atoms with Crippen molar-refractivity contribution in [2.75, 3.05) is 6.54 Å². The van der Waals surface area contributed by atoms with Crippen LogP contribution in [0.2, 0.25) is 0 Å². The number of nitrogens with one attached hydrogen (secondary N) is 1. The van der Waals surface area contributed by atoms with Gasteiger partial charge in [-0.2, -0.15) is 0 Å². The lowest BCUT2D eigenvalue weighted by molar-refractivity contribution is 0.114. The van der Waals surface area contributed by atoms with Crippen LogP contribution in [-0.4, -0.2) is 18.7 Å². The quantitative estimate of drug-likeness (QED) is 0.870. The number of benzene rings is 2. The summed E-state index contributed by atoms with van der Waals surface area (Å²) >= 11 is 0. The molecule has 0 radical (unpaired) electrons. The minimum atomic E-state index is 0.312. The molecular weight excluding hydrogens is 258 g/mol. The first-order valence-electron chi connectivity index (χ1n) is 8.25. The maximum absolute atomic E-state index is 6.31. The fraction of sp³-hybridized carbons (Fsp3) is 0.474. The molecule has 0 aliphatic heterocycles. The summed E-state index contributed by atoms with van der Waals surface area (Å²) in [4.78, 5) is 0. The van der Waals surface area contributed by atoms with Gasteiger partial charge in [0.25, 0.3) is 0 Å². The topological polar surface area (TPSA) is 21.3 Å². The molecule has 1 saturated carbocycles. The molecule has 1 N–H and O–H groups in total. The summed E-state index contributed by atoms with van der Waals surface area (Å²) in [6.07, 6.45) is 6.49. The predicted molar refractivity (Wildman–Crippen MR) is 88.9 cm³/mol. The van der Waals surface area contributed by atoms with Crippen LogP contribution >= 0.6 is 0 Å². The highest BCUT2D eigenvalue weighted by Crippen LogP contribution is 2.26. The second-order valence-electron chi connectivity index (χ2n) is 6.01. The third-order valence-corrected chi connectivity index (χ3v) is 4.37. The van der Waals surface area contributed by atoms with Gasteiger partial charge in [0.05, 0.1) is 0 Å². The van der Waals surface area contributed by atoms with E-state index in [0.717, 1.165) is 18.7 Å². The van der Waals surface area contributed by atoms with Crippen molar-refractivity contribution in [2.45, 2.75) is 51.2 Å². The molecule has 0 amide bonds. The Labute approximate surface area is 127 Å². The molecule has 0 saturated heterocycles. The van der Waals surface area contributed by atoms with Crippen LogP contribution in [0.5, 0.6) is 5.75 Å². The zero-order valence-corrected chi connectivity index (χ0v) is 12.8. The second kappa shape index (κ2) is 6.95. The van der Waals surface area contributed by atoms with E-state index in [1.807, 2.05) is 0 Å². The fourth-order valence-electron chi connectivity index (χ4n) is 3.22. The summed E-state index contributed by atoms with van der Waals surface area (Å²) in [5.41, 5.74) is 0. The number of rotatable bonds is 5. The van der Waals surface area contributed by atoms with Crippen molar-refractivity contribution < 1.29 is 4.74 Å². The first-order valence-corrected chi connectivity index (χ1v) is 8.25. The first-order chi connectivity index (χ1) is 10.4. The molecule has 21 heavy (non-hydrogen) atoms. The summed E-state index contributed by atoms with van der Waals surface area (Å²) in [5, 5.41) is 6.18. The van der Waals surface area contributed by atoms with Crippen molar-refractivity contribution in [2.24, 2.45) is 0 Å². The smallest absolute Gasteiger partial charge is 0.120 e. The number of fused-ring (bicyclic) bond motifs is 1. The summed E-state index contributed by atoms with van der Waals surface area (Å²) in [5.74, 6) is 1.00. The Hall–Kier alpha value is -1.54. The average molecular weight is 283 g/mol. The van der Waals surface area contributed by atoms with Crippen molar-refractivity contribution >= 4 is 10.8 Å². The van der Waals surface area contributed by atoms with Gasteiger partial charge in [0.2, 0.25) is 0 Å². The third kappa shape index (κ3) is 3.56. The molecule has 2 aromatic rings. The molecule has 2 aromatic carbocycles. The predicted octanol–water partition coefficient (Wildman–Crippen LogP) is 4.53. The monoisotopic (exact) mass is 283 g/mol. The van der Waals surface area contributed by atoms with Crippen LogP contribution in [-0.2, 0) is 0 Å². The molecule has 2 heteroatoms. The van der Waals surface area contributed by atoms with Crippen LogP contribution in [0, 0.1) is 0 Å². The lowest BCUT2D eigenvalue weighted by Crippen LogP contribution is -2.45. The van der Waals surface area contributed by atoms with Gasteiger partial charge in [-0.05, 0) is 55.1 Å². The molecule has 0 aromatic heterocycles. The maximum atomic E-state index is 6.31. The molecule has 0 spiro atoms. The number of hydrogen-bond donors (Lipinski definition) is 1. The van der Waals surface area contributed by atoms with E-state index in [9.17, 15) is 0 Å². The van der Waals surface area contributed by atoms with Gasteiger partial charge in [0.1, 0.15) is 11.9 Å². The SMILES string of the molecule is CCCNC1CCCCC1Oc1ccc2ccccc2c1. The Morgan fingerprint density at radius 3 is 2.71 bits per heavy atom. The maximum Gasteiger partial charge on any atom is 0.120 e. The molecule has 0 bridgehead atoms. The van der Waals surface area contributed by atoms with E-state index >= 15 is 0 Å². The van der Waals surface area contributed by atoms with Crippen molar-refractivity contribution in [1.82, 2.24) is 5.32 Å². The van der Waals surface area contributed by atoms with Crippen LogP contribution in [0.3, 0.4) is 0 Å². The summed E-state index contributed by atoms with van der Waals surface area (Å²) < 4.78 is 6.31. The van der Waals surface area contributed by atoms with Gasteiger partial charge >= 0.3 is 0 Å². The minimum absolute atomic E-state index is 0.312. The number of hydrogen-bond acceptors (Lipinski definition) is 2. The summed E-state index contributed by atoms with van der Waals surface area (Å²) in [6, 6.07) is 15.4. The van der Waals surface area contributed by atoms with E-state index < -0.39 is 0 Å². The molecule has 1 aliphatic rings. The van der Waals surface area contributed by atoms with Crippen LogP contribution in [0.15, 0.2) is 42.5 Å². The van der Waals surface area contributed by atoms with Gasteiger partial charge < -0.3 is 10.1 Å². The van der Waals surface area contributed by atoms with Gasteiger partial charge in [-0.15, -0.1) is 0 Å². The molecule has 2 unspecified atom stereocenters. The minimum Gasteiger partial charge on any atom is -0.489 e. The van der Waals surface area contributed by atoms with Crippen molar-refractivity contribution in [3.63, 3.8) is 0 Å². The first kappa shape index (κ1) is 14.4. The molecule has 2 atom stereocenters. The fourth-order valence-corrected chi connectivity index (χ4v) is 3.22. The van der Waals surface area contributed by atoms with Crippen molar-refractivity contribution in [3.8, 4) is 5.75 Å². The summed E-state index contributed by atoms with van der Waals surface area (Å²) in [6.45, 7) is 3.30. The van der Waals surface area contributed by atoms with E-state index in [1.165, 1.54) is 36.5 Å². The van der Waals surface area contributed by atoms with Crippen LogP contribution < -0.4 is 10.1 Å². The highest BCUT2D eigenvalue weighted by Gasteiger charge is 2.26. The zero-order valence-electron chi connectivity index (χ0n) is 12.8. The Morgan fingerprint density at radius 1 is 1.05 bits per heavy atom. The standard InChI is InChI=1S/C19H25NO/c1-2-13-20-18-9-5-6-10-19(18)21-17-12-11-15-7-3-4-8-16(15)14-17/h3-4,7-8,11-12,14,18-20H,2,5-6,9-10,13H2,1H3. The molecule has 0 heterocycles. The highest BCUT2D eigenvalue weighted by atomic mass is 16.5. The molecule has 112 valence electrons. The van der Waals surface area contributed by atoms with E-state index in [1.54, 1.807) is 0 Å². The average Bonchev–Trinajstić information content (AvgIpc) is 2.54. The Bertz CT molecular complexity index is 581. The van der Waals surface area contributed by atoms with Crippen molar-refractivity contribution in [1.29, 1.82) is 0 Å². The highest BCUT2D eigenvalue weighted by molar-refractivity contribution is 5.83. The molecule has 3 rings (SSSR count).